The van der Waals surface area contributed by atoms with E-state index in [-0.39, 0.29) is 18.1 Å². The third kappa shape index (κ3) is 5.29. The molecule has 1 aromatic heterocycles. The molecular weight excluding hydrogens is 502 g/mol. The van der Waals surface area contributed by atoms with Gasteiger partial charge in [0.15, 0.2) is 5.13 Å². The zero-order chi connectivity index (χ0) is 24.4. The number of hydrogen-bond donors (Lipinski definition) is 1. The number of rotatable bonds is 7. The van der Waals surface area contributed by atoms with Crippen LogP contribution in [0.2, 0.25) is 5.02 Å². The van der Waals surface area contributed by atoms with Gasteiger partial charge >= 0.3 is 0 Å². The minimum Gasteiger partial charge on any atom is -0.343 e. The van der Waals surface area contributed by atoms with Crippen molar-refractivity contribution in [1.29, 1.82) is 0 Å². The van der Waals surface area contributed by atoms with Gasteiger partial charge in [0.25, 0.3) is 10.0 Å². The molecule has 35 heavy (non-hydrogen) atoms. The number of nitrogens with one attached hydrogen (secondary N) is 1. The Bertz CT molecular complexity index is 1340. The van der Waals surface area contributed by atoms with Gasteiger partial charge in [0.1, 0.15) is 0 Å². The largest absolute Gasteiger partial charge is 0.343 e. The zero-order valence-electron chi connectivity index (χ0n) is 19.1. The normalized spacial score (nSPS) is 18.0. The second-order valence-electron chi connectivity index (χ2n) is 8.91. The monoisotopic (exact) mass is 529 g/mol. The minimum absolute atomic E-state index is 0. The summed E-state index contributed by atoms with van der Waals surface area (Å²) in [5, 5.41) is 2.84. The molecule has 1 fully saturated rings. The van der Waals surface area contributed by atoms with Gasteiger partial charge in [-0.05, 0) is 60.1 Å². The molecule has 2 aliphatic rings. The zero-order valence-corrected chi connectivity index (χ0v) is 21.5. The molecule has 0 saturated carbocycles. The van der Waals surface area contributed by atoms with Crippen molar-refractivity contribution < 1.29 is 14.6 Å². The van der Waals surface area contributed by atoms with Gasteiger partial charge in [-0.15, -0.1) is 11.3 Å². The van der Waals surface area contributed by atoms with Crippen molar-refractivity contribution in [2.75, 3.05) is 17.8 Å². The number of fused-ring (bicyclic) bond motifs is 1. The lowest BCUT2D eigenvalue weighted by atomic mass is 9.89. The van der Waals surface area contributed by atoms with E-state index in [1.54, 1.807) is 23.7 Å². The quantitative estimate of drug-likeness (QED) is 0.398. The van der Waals surface area contributed by atoms with Crippen molar-refractivity contribution >= 4 is 50.1 Å². The van der Waals surface area contributed by atoms with E-state index in [1.807, 2.05) is 29.2 Å². The highest BCUT2D eigenvalue weighted by atomic mass is 35.5. The Balaban J connectivity index is 0.00000304. The van der Waals surface area contributed by atoms with E-state index < -0.39 is 10.0 Å². The summed E-state index contributed by atoms with van der Waals surface area (Å²) >= 11 is 7.63. The third-order valence-corrected chi connectivity index (χ3v) is 9.30. The number of aromatic nitrogens is 1. The van der Waals surface area contributed by atoms with Crippen molar-refractivity contribution in [2.45, 2.75) is 42.4 Å². The molecule has 0 radical (unpaired) electrons. The van der Waals surface area contributed by atoms with E-state index in [4.69, 9.17) is 11.6 Å². The van der Waals surface area contributed by atoms with Crippen LogP contribution in [-0.4, -0.2) is 37.3 Å². The SMILES string of the molecule is O=C(CCC1C=Cc2cccc(Cl)c21)N1CCC(c2ccc(S(=O)(=O)Nc3nccs3)cc2)CC1.[HH]. The number of nitrogens with zero attached hydrogens (tertiary/aromatic N) is 2. The number of benzene rings is 2. The topological polar surface area (TPSA) is 79.4 Å². The lowest BCUT2D eigenvalue weighted by molar-refractivity contribution is -0.132. The highest BCUT2D eigenvalue weighted by Crippen LogP contribution is 2.38. The molecule has 1 atom stereocenters. The van der Waals surface area contributed by atoms with E-state index in [2.05, 4.69) is 27.9 Å². The number of anilines is 1. The molecule has 2 aromatic carbocycles. The minimum atomic E-state index is -3.65. The predicted octanol–water partition coefficient (Wildman–Crippen LogP) is 6.14. The van der Waals surface area contributed by atoms with E-state index >= 15 is 0 Å². The number of carbonyl (C=O) groups is 1. The fraction of sp³-hybridized carbons (Fsp3) is 0.308. The molecule has 1 aliphatic carbocycles. The fourth-order valence-electron chi connectivity index (χ4n) is 4.91. The van der Waals surface area contributed by atoms with Crippen LogP contribution in [0.15, 0.2) is 65.0 Å². The summed E-state index contributed by atoms with van der Waals surface area (Å²) in [6, 6.07) is 13.0. The molecule has 9 heteroatoms. The van der Waals surface area contributed by atoms with Crippen LogP contribution < -0.4 is 4.72 Å². The molecular formula is C26H28ClN3O3S2. The Labute approximate surface area is 216 Å². The average molecular weight is 530 g/mol. The molecule has 3 aromatic rings. The van der Waals surface area contributed by atoms with Crippen LogP contribution in [0.25, 0.3) is 6.08 Å². The maximum Gasteiger partial charge on any atom is 0.263 e. The highest BCUT2D eigenvalue weighted by Gasteiger charge is 2.26. The maximum atomic E-state index is 12.9. The van der Waals surface area contributed by atoms with Gasteiger partial charge in [-0.1, -0.05) is 48.0 Å². The molecule has 5 rings (SSSR count). The first-order valence-electron chi connectivity index (χ1n) is 11.7. The first kappa shape index (κ1) is 24.0. The van der Waals surface area contributed by atoms with Gasteiger partial charge in [-0.2, -0.15) is 0 Å². The van der Waals surface area contributed by atoms with Gasteiger partial charge in [-0.25, -0.2) is 13.4 Å². The number of hydrogen-bond acceptors (Lipinski definition) is 5. The van der Waals surface area contributed by atoms with Gasteiger partial charge in [0.05, 0.1) is 4.90 Å². The van der Waals surface area contributed by atoms with E-state index in [0.29, 0.717) is 30.6 Å². The smallest absolute Gasteiger partial charge is 0.263 e. The Kier molecular flexibility index (Phi) is 6.95. The Hall–Kier alpha value is -2.68. The van der Waals surface area contributed by atoms with Crippen molar-refractivity contribution in [3.05, 3.63) is 81.8 Å². The third-order valence-electron chi connectivity index (χ3n) is 6.80. The Morgan fingerprint density at radius 1 is 1.17 bits per heavy atom. The number of thiazole rings is 1. The number of likely N-dealkylation sites (tertiary alicyclic amines) is 1. The molecule has 6 nitrogen and oxygen atoms in total. The summed E-state index contributed by atoms with van der Waals surface area (Å²) in [6.07, 6.45) is 8.80. The number of sulfonamides is 1. The molecule has 1 amide bonds. The number of amides is 1. The van der Waals surface area contributed by atoms with Crippen molar-refractivity contribution in [3.63, 3.8) is 0 Å². The summed E-state index contributed by atoms with van der Waals surface area (Å²) in [4.78, 5) is 19.0. The van der Waals surface area contributed by atoms with Crippen LogP contribution in [0.3, 0.4) is 0 Å². The van der Waals surface area contributed by atoms with Crippen LogP contribution in [0.1, 0.15) is 55.6 Å². The van der Waals surface area contributed by atoms with Crippen molar-refractivity contribution in [2.24, 2.45) is 0 Å². The fourth-order valence-corrected chi connectivity index (χ4v) is 7.02. The second kappa shape index (κ2) is 10.1. The molecule has 1 unspecified atom stereocenters. The van der Waals surface area contributed by atoms with Gasteiger partial charge in [0, 0.05) is 43.5 Å². The Morgan fingerprint density at radius 3 is 2.66 bits per heavy atom. The summed E-state index contributed by atoms with van der Waals surface area (Å²) in [5.41, 5.74) is 3.38. The van der Waals surface area contributed by atoms with Crippen LogP contribution in [0.5, 0.6) is 0 Å². The van der Waals surface area contributed by atoms with Crippen LogP contribution in [0, 0.1) is 0 Å². The molecule has 0 spiro atoms. The number of halogens is 1. The Morgan fingerprint density at radius 2 is 1.94 bits per heavy atom. The van der Waals surface area contributed by atoms with Crippen molar-refractivity contribution in [3.8, 4) is 0 Å². The van der Waals surface area contributed by atoms with Gasteiger partial charge < -0.3 is 4.90 Å². The summed E-state index contributed by atoms with van der Waals surface area (Å²) in [6.45, 7) is 1.43. The van der Waals surface area contributed by atoms with E-state index in [9.17, 15) is 13.2 Å². The van der Waals surface area contributed by atoms with Crippen molar-refractivity contribution in [1.82, 2.24) is 9.88 Å². The number of carbonyl (C=O) groups excluding carboxylic acids is 1. The average Bonchev–Trinajstić information content (AvgIpc) is 3.53. The molecule has 2 heterocycles. The molecule has 184 valence electrons. The lowest BCUT2D eigenvalue weighted by Gasteiger charge is -2.32. The molecule has 0 bridgehead atoms. The second-order valence-corrected chi connectivity index (χ2v) is 11.9. The summed E-state index contributed by atoms with van der Waals surface area (Å²) in [7, 11) is -3.65. The first-order chi connectivity index (χ1) is 16.9. The maximum absolute atomic E-state index is 12.9. The predicted molar refractivity (Wildman–Crippen MR) is 142 cm³/mol. The number of piperidine rings is 1. The molecule has 1 aliphatic heterocycles. The van der Waals surface area contributed by atoms with Crippen LogP contribution in [0.4, 0.5) is 5.13 Å². The lowest BCUT2D eigenvalue weighted by Crippen LogP contribution is -2.37. The molecule has 1 N–H and O–H groups in total. The van der Waals surface area contributed by atoms with E-state index in [0.717, 1.165) is 41.0 Å². The number of allylic oxidation sites excluding steroid dienone is 1. The molecule has 1 saturated heterocycles. The summed E-state index contributed by atoms with van der Waals surface area (Å²) < 4.78 is 27.6. The summed E-state index contributed by atoms with van der Waals surface area (Å²) in [5.74, 6) is 0.693. The van der Waals surface area contributed by atoms with Gasteiger partial charge in [-0.3, -0.25) is 9.52 Å². The standard InChI is InChI=1S/C26H26ClN3O3S2.H2/c27-23-3-1-2-20-4-5-21(25(20)23)8-11-24(31)30-15-12-19(13-16-30)18-6-9-22(10-7-18)35(32,33)29-26-28-14-17-34-26;/h1-7,9-10,14,17,19,21H,8,11-13,15-16H2,(H,28,29);1H. The highest BCUT2D eigenvalue weighted by molar-refractivity contribution is 7.93. The van der Waals surface area contributed by atoms with Crippen LogP contribution in [-0.2, 0) is 14.8 Å². The van der Waals surface area contributed by atoms with Gasteiger partial charge in [0.2, 0.25) is 5.91 Å². The van der Waals surface area contributed by atoms with Crippen LogP contribution >= 0.6 is 22.9 Å². The first-order valence-corrected chi connectivity index (χ1v) is 14.4. The van der Waals surface area contributed by atoms with E-state index in [1.165, 1.54) is 11.3 Å².